The van der Waals surface area contributed by atoms with Gasteiger partial charge < -0.3 is 19.6 Å². The van der Waals surface area contributed by atoms with Crippen molar-refractivity contribution in [2.24, 2.45) is 0 Å². The Balaban J connectivity index is 2.42. The molecule has 0 spiro atoms. The zero-order valence-electron chi connectivity index (χ0n) is 11.4. The lowest BCUT2D eigenvalue weighted by atomic mass is 10.2. The predicted molar refractivity (Wildman–Crippen MR) is 71.2 cm³/mol. The van der Waals surface area contributed by atoms with Crippen LogP contribution in [0.25, 0.3) is 0 Å². The number of carbonyl (C=O) groups excluding carboxylic acids is 2. The van der Waals surface area contributed by atoms with Crippen molar-refractivity contribution in [1.82, 2.24) is 5.32 Å². The zero-order valence-corrected chi connectivity index (χ0v) is 11.4. The number of rotatable bonds is 5. The van der Waals surface area contributed by atoms with Gasteiger partial charge in [-0.25, -0.2) is 4.79 Å². The molecular weight excluding hydrogens is 246 g/mol. The fourth-order valence-corrected chi connectivity index (χ4v) is 1.28. The SMILES string of the molecule is CC(C)(C)OC(=O)NC(C=O)COc1ccccc1. The van der Waals surface area contributed by atoms with E-state index in [0.717, 1.165) is 0 Å². The number of hydrogen-bond acceptors (Lipinski definition) is 4. The number of carbonyl (C=O) groups is 2. The Morgan fingerprint density at radius 3 is 2.47 bits per heavy atom. The third-order valence-electron chi connectivity index (χ3n) is 2.04. The van der Waals surface area contributed by atoms with Crippen LogP contribution >= 0.6 is 0 Å². The number of para-hydroxylation sites is 1. The first kappa shape index (κ1) is 15.0. The molecule has 0 aromatic heterocycles. The molecule has 1 rings (SSSR count). The number of amides is 1. The summed E-state index contributed by atoms with van der Waals surface area (Å²) in [6.07, 6.45) is -0.0198. The number of benzene rings is 1. The number of hydrogen-bond donors (Lipinski definition) is 1. The fraction of sp³-hybridized carbons (Fsp3) is 0.429. The summed E-state index contributed by atoms with van der Waals surface area (Å²) in [5.41, 5.74) is -0.599. The van der Waals surface area contributed by atoms with E-state index in [2.05, 4.69) is 5.32 Å². The highest BCUT2D eigenvalue weighted by Crippen LogP contribution is 2.09. The van der Waals surface area contributed by atoms with E-state index in [0.29, 0.717) is 12.0 Å². The molecule has 1 aromatic rings. The monoisotopic (exact) mass is 265 g/mol. The van der Waals surface area contributed by atoms with Gasteiger partial charge in [0.25, 0.3) is 0 Å². The maximum absolute atomic E-state index is 11.5. The molecule has 0 saturated carbocycles. The highest BCUT2D eigenvalue weighted by atomic mass is 16.6. The topological polar surface area (TPSA) is 64.6 Å². The van der Waals surface area contributed by atoms with Crippen LogP contribution in [0.3, 0.4) is 0 Å². The van der Waals surface area contributed by atoms with Crippen molar-refractivity contribution < 1.29 is 19.1 Å². The van der Waals surface area contributed by atoms with Crippen LogP contribution in [0.2, 0.25) is 0 Å². The fourth-order valence-electron chi connectivity index (χ4n) is 1.28. The van der Waals surface area contributed by atoms with E-state index in [9.17, 15) is 9.59 Å². The van der Waals surface area contributed by atoms with Crippen molar-refractivity contribution in [2.45, 2.75) is 32.4 Å². The number of aldehydes is 1. The van der Waals surface area contributed by atoms with Crippen LogP contribution in [0.4, 0.5) is 4.79 Å². The lowest BCUT2D eigenvalue weighted by Gasteiger charge is -2.21. The Labute approximate surface area is 112 Å². The Bertz CT molecular complexity index is 411. The van der Waals surface area contributed by atoms with Gasteiger partial charge in [0.15, 0.2) is 0 Å². The van der Waals surface area contributed by atoms with Crippen molar-refractivity contribution >= 4 is 12.4 Å². The highest BCUT2D eigenvalue weighted by Gasteiger charge is 2.19. The molecule has 1 N–H and O–H groups in total. The second-order valence-corrected chi connectivity index (χ2v) is 5.01. The molecule has 1 amide bonds. The van der Waals surface area contributed by atoms with Crippen molar-refractivity contribution in [3.05, 3.63) is 30.3 Å². The van der Waals surface area contributed by atoms with E-state index in [4.69, 9.17) is 9.47 Å². The van der Waals surface area contributed by atoms with E-state index in [-0.39, 0.29) is 6.61 Å². The maximum atomic E-state index is 11.5. The molecule has 0 fully saturated rings. The molecule has 1 unspecified atom stereocenters. The summed E-state index contributed by atoms with van der Waals surface area (Å²) in [5.74, 6) is 0.639. The van der Waals surface area contributed by atoms with E-state index in [1.165, 1.54) is 0 Å². The van der Waals surface area contributed by atoms with E-state index in [1.807, 2.05) is 18.2 Å². The van der Waals surface area contributed by atoms with Crippen molar-refractivity contribution in [3.63, 3.8) is 0 Å². The summed E-state index contributed by atoms with van der Waals surface area (Å²) >= 11 is 0. The standard InChI is InChI=1S/C14H19NO4/c1-14(2,3)19-13(17)15-11(9-16)10-18-12-7-5-4-6-8-12/h4-9,11H,10H2,1-3H3,(H,15,17). The van der Waals surface area contributed by atoms with Crippen molar-refractivity contribution in [2.75, 3.05) is 6.61 Å². The van der Waals surface area contributed by atoms with Crippen molar-refractivity contribution in [1.29, 1.82) is 0 Å². The molecule has 0 heterocycles. The van der Waals surface area contributed by atoms with Gasteiger partial charge in [0.2, 0.25) is 0 Å². The summed E-state index contributed by atoms with van der Waals surface area (Å²) in [4.78, 5) is 22.4. The molecule has 5 heteroatoms. The van der Waals surface area contributed by atoms with Gasteiger partial charge in [-0.3, -0.25) is 0 Å². The van der Waals surface area contributed by atoms with Crippen LogP contribution < -0.4 is 10.1 Å². The van der Waals surface area contributed by atoms with Crippen LogP contribution in [-0.2, 0) is 9.53 Å². The molecule has 19 heavy (non-hydrogen) atoms. The molecule has 0 aliphatic carbocycles. The number of alkyl carbamates (subject to hydrolysis) is 1. The van der Waals surface area contributed by atoms with Crippen molar-refractivity contribution in [3.8, 4) is 5.75 Å². The summed E-state index contributed by atoms with van der Waals surface area (Å²) in [7, 11) is 0. The van der Waals surface area contributed by atoms with E-state index < -0.39 is 17.7 Å². The highest BCUT2D eigenvalue weighted by molar-refractivity contribution is 5.73. The Morgan fingerprint density at radius 1 is 1.32 bits per heavy atom. The van der Waals surface area contributed by atoms with Gasteiger partial charge in [0, 0.05) is 0 Å². The second kappa shape index (κ2) is 6.78. The van der Waals surface area contributed by atoms with Gasteiger partial charge in [-0.1, -0.05) is 18.2 Å². The minimum atomic E-state index is -0.741. The molecule has 0 aliphatic rings. The van der Waals surface area contributed by atoms with Crippen LogP contribution in [0, 0.1) is 0 Å². The molecule has 104 valence electrons. The molecule has 0 aliphatic heterocycles. The average molecular weight is 265 g/mol. The first-order valence-electron chi connectivity index (χ1n) is 6.03. The zero-order chi connectivity index (χ0) is 14.3. The largest absolute Gasteiger partial charge is 0.491 e. The van der Waals surface area contributed by atoms with Gasteiger partial charge >= 0.3 is 6.09 Å². The molecular formula is C14H19NO4. The van der Waals surface area contributed by atoms with Gasteiger partial charge in [-0.15, -0.1) is 0 Å². The van der Waals surface area contributed by atoms with Crippen LogP contribution in [-0.4, -0.2) is 30.6 Å². The second-order valence-electron chi connectivity index (χ2n) is 5.01. The number of ether oxygens (including phenoxy) is 2. The summed E-state index contributed by atoms with van der Waals surface area (Å²) in [5, 5.41) is 2.44. The molecule has 5 nitrogen and oxygen atoms in total. The molecule has 0 radical (unpaired) electrons. The minimum absolute atomic E-state index is 0.0623. The van der Waals surface area contributed by atoms with Gasteiger partial charge in [-0.2, -0.15) is 0 Å². The third-order valence-corrected chi connectivity index (χ3v) is 2.04. The smallest absolute Gasteiger partial charge is 0.408 e. The Kier molecular flexibility index (Phi) is 5.36. The van der Waals surface area contributed by atoms with Gasteiger partial charge in [0.1, 0.15) is 30.3 Å². The van der Waals surface area contributed by atoms with Gasteiger partial charge in [-0.05, 0) is 32.9 Å². The first-order valence-corrected chi connectivity index (χ1v) is 6.03. The average Bonchev–Trinajstić information content (AvgIpc) is 2.33. The number of nitrogens with one attached hydrogen (secondary N) is 1. The first-order chi connectivity index (χ1) is 8.90. The maximum Gasteiger partial charge on any atom is 0.408 e. The van der Waals surface area contributed by atoms with Crippen LogP contribution in [0.5, 0.6) is 5.75 Å². The molecule has 1 atom stereocenters. The van der Waals surface area contributed by atoms with Crippen LogP contribution in [0.15, 0.2) is 30.3 Å². The summed E-state index contributed by atoms with van der Waals surface area (Å²) in [6.45, 7) is 5.32. The van der Waals surface area contributed by atoms with E-state index in [1.54, 1.807) is 32.9 Å². The van der Waals surface area contributed by atoms with E-state index >= 15 is 0 Å². The lowest BCUT2D eigenvalue weighted by molar-refractivity contribution is -0.110. The summed E-state index contributed by atoms with van der Waals surface area (Å²) < 4.78 is 10.4. The van der Waals surface area contributed by atoms with Gasteiger partial charge in [0.05, 0.1) is 0 Å². The quantitative estimate of drug-likeness (QED) is 0.828. The predicted octanol–water partition coefficient (Wildman–Crippen LogP) is 2.16. The Hall–Kier alpha value is -2.04. The minimum Gasteiger partial charge on any atom is -0.491 e. The molecule has 1 aromatic carbocycles. The Morgan fingerprint density at radius 2 is 1.95 bits per heavy atom. The van der Waals surface area contributed by atoms with Crippen LogP contribution in [0.1, 0.15) is 20.8 Å². The summed E-state index contributed by atoms with van der Waals surface area (Å²) in [6, 6.07) is 8.32. The third kappa shape index (κ3) is 6.45. The lowest BCUT2D eigenvalue weighted by Crippen LogP contribution is -2.43. The molecule has 0 bridgehead atoms. The molecule has 0 saturated heterocycles. The normalized spacial score (nSPS) is 12.4.